The number of nitrogens with zero attached hydrogens (tertiary/aromatic N) is 1. The fourth-order valence-electron chi connectivity index (χ4n) is 1.96. The number of hydrogen-bond acceptors (Lipinski definition) is 1. The molecule has 0 saturated heterocycles. The Morgan fingerprint density at radius 3 is 2.21 bits per heavy atom. The van der Waals surface area contributed by atoms with Crippen LogP contribution in [0.15, 0.2) is 51.5 Å². The number of hydrogen-bond donors (Lipinski definition) is 0. The zero-order chi connectivity index (χ0) is 13.7. The Balaban J connectivity index is 2.00. The number of benzene rings is 1. The minimum Gasteiger partial charge on any atom is -0.260 e. The van der Waals surface area contributed by atoms with Crippen molar-refractivity contribution in [1.29, 1.82) is 0 Å². The highest BCUT2D eigenvalue weighted by Crippen LogP contribution is 2.18. The summed E-state index contributed by atoms with van der Waals surface area (Å²) in [4.78, 5) is 4.41. The van der Waals surface area contributed by atoms with Gasteiger partial charge in [0.2, 0.25) is 0 Å². The van der Waals surface area contributed by atoms with E-state index in [2.05, 4.69) is 61.1 Å². The van der Waals surface area contributed by atoms with Gasteiger partial charge in [-0.05, 0) is 64.5 Å². The van der Waals surface area contributed by atoms with Crippen molar-refractivity contribution in [3.05, 3.63) is 62.8 Å². The van der Waals surface area contributed by atoms with Gasteiger partial charge in [-0.25, -0.2) is 0 Å². The molecular weight excluding hydrogens is 389 g/mol. The summed E-state index contributed by atoms with van der Waals surface area (Å²) in [5, 5.41) is 0. The van der Waals surface area contributed by atoms with Crippen LogP contribution >= 0.6 is 43.5 Å². The van der Waals surface area contributed by atoms with E-state index in [1.165, 1.54) is 5.56 Å². The Hall–Kier alpha value is -0.380. The second-order valence-corrected chi connectivity index (χ2v) is 6.66. The van der Waals surface area contributed by atoms with E-state index < -0.39 is 0 Å². The summed E-state index contributed by atoms with van der Waals surface area (Å²) in [6.45, 7) is 0. The van der Waals surface area contributed by atoms with Crippen molar-refractivity contribution in [3.8, 4) is 0 Å². The molecule has 1 unspecified atom stereocenters. The molecule has 0 bridgehead atoms. The summed E-state index contributed by atoms with van der Waals surface area (Å²) in [6.07, 6.45) is 3.72. The van der Waals surface area contributed by atoms with Crippen molar-refractivity contribution in [2.45, 2.75) is 12.8 Å². The minimum atomic E-state index is 0.413. The van der Waals surface area contributed by atoms with E-state index in [0.717, 1.165) is 27.5 Å². The van der Waals surface area contributed by atoms with Crippen molar-refractivity contribution < 1.29 is 0 Å². The van der Waals surface area contributed by atoms with E-state index in [4.69, 9.17) is 11.6 Å². The SMILES string of the molecule is ClCC(Cc1ccc(Br)cc1)Cc1ccc(Br)cn1. The Kier molecular flexibility index (Phi) is 5.86. The van der Waals surface area contributed by atoms with Crippen LogP contribution in [0.5, 0.6) is 0 Å². The lowest BCUT2D eigenvalue weighted by atomic mass is 9.96. The summed E-state index contributed by atoms with van der Waals surface area (Å²) in [5.41, 5.74) is 2.40. The van der Waals surface area contributed by atoms with Gasteiger partial charge in [0.05, 0.1) is 0 Å². The summed E-state index contributed by atoms with van der Waals surface area (Å²) in [5.74, 6) is 1.06. The predicted octanol–water partition coefficient (Wildman–Crippen LogP) is 5.25. The van der Waals surface area contributed by atoms with Crippen molar-refractivity contribution in [3.63, 3.8) is 0 Å². The normalized spacial score (nSPS) is 12.4. The highest BCUT2D eigenvalue weighted by molar-refractivity contribution is 9.10. The van der Waals surface area contributed by atoms with Gasteiger partial charge in [-0.15, -0.1) is 11.6 Å². The number of halogens is 3. The Labute approximate surface area is 135 Å². The van der Waals surface area contributed by atoms with Crippen LogP contribution in [0.4, 0.5) is 0 Å². The van der Waals surface area contributed by atoms with Gasteiger partial charge in [-0.1, -0.05) is 28.1 Å². The molecule has 1 aromatic heterocycles. The van der Waals surface area contributed by atoms with Crippen molar-refractivity contribution in [2.75, 3.05) is 5.88 Å². The topological polar surface area (TPSA) is 12.9 Å². The average Bonchev–Trinajstić information content (AvgIpc) is 2.43. The third kappa shape index (κ3) is 4.90. The van der Waals surface area contributed by atoms with E-state index in [1.54, 1.807) is 0 Å². The van der Waals surface area contributed by atoms with E-state index in [0.29, 0.717) is 11.8 Å². The lowest BCUT2D eigenvalue weighted by molar-refractivity contribution is 0.575. The summed E-state index contributed by atoms with van der Waals surface area (Å²) in [7, 11) is 0. The lowest BCUT2D eigenvalue weighted by Gasteiger charge is -2.13. The summed E-state index contributed by atoms with van der Waals surface area (Å²) in [6, 6.07) is 12.5. The number of alkyl halides is 1. The maximum atomic E-state index is 6.08. The molecule has 1 atom stereocenters. The Morgan fingerprint density at radius 1 is 0.947 bits per heavy atom. The van der Waals surface area contributed by atoms with E-state index in [-0.39, 0.29) is 0 Å². The quantitative estimate of drug-likeness (QED) is 0.622. The van der Waals surface area contributed by atoms with E-state index in [9.17, 15) is 0 Å². The van der Waals surface area contributed by atoms with Crippen LogP contribution < -0.4 is 0 Å². The number of aromatic nitrogens is 1. The Bertz CT molecular complexity index is 463. The van der Waals surface area contributed by atoms with Crippen molar-refractivity contribution in [1.82, 2.24) is 4.98 Å². The largest absolute Gasteiger partial charge is 0.260 e. The second kappa shape index (κ2) is 7.41. The van der Waals surface area contributed by atoms with Gasteiger partial charge in [0.1, 0.15) is 0 Å². The molecule has 100 valence electrons. The van der Waals surface area contributed by atoms with Crippen LogP contribution in [0.1, 0.15) is 11.3 Å². The molecule has 0 aliphatic rings. The van der Waals surface area contributed by atoms with Crippen LogP contribution in [-0.4, -0.2) is 10.9 Å². The van der Waals surface area contributed by atoms with Gasteiger partial charge >= 0.3 is 0 Å². The summed E-state index contributed by atoms with van der Waals surface area (Å²) < 4.78 is 2.11. The van der Waals surface area contributed by atoms with Crippen LogP contribution in [0.25, 0.3) is 0 Å². The predicted molar refractivity (Wildman–Crippen MR) is 87.7 cm³/mol. The molecule has 1 heterocycles. The molecular formula is C15H14Br2ClN. The molecule has 2 rings (SSSR count). The second-order valence-electron chi connectivity index (χ2n) is 4.52. The molecule has 2 aromatic rings. The van der Waals surface area contributed by atoms with Gasteiger partial charge in [0, 0.05) is 26.7 Å². The van der Waals surface area contributed by atoms with E-state index >= 15 is 0 Å². The molecule has 0 N–H and O–H groups in total. The first-order valence-electron chi connectivity index (χ1n) is 6.08. The Morgan fingerprint density at radius 2 is 1.63 bits per heavy atom. The van der Waals surface area contributed by atoms with Crippen LogP contribution in [-0.2, 0) is 12.8 Å². The van der Waals surface area contributed by atoms with Crippen LogP contribution in [0.3, 0.4) is 0 Å². The van der Waals surface area contributed by atoms with E-state index in [1.807, 2.05) is 18.3 Å². The van der Waals surface area contributed by atoms with Gasteiger partial charge < -0.3 is 0 Å². The molecule has 0 aliphatic carbocycles. The molecule has 0 aliphatic heterocycles. The third-order valence-electron chi connectivity index (χ3n) is 2.94. The van der Waals surface area contributed by atoms with Gasteiger partial charge in [0.25, 0.3) is 0 Å². The molecule has 4 heteroatoms. The highest BCUT2D eigenvalue weighted by Gasteiger charge is 2.10. The number of pyridine rings is 1. The summed E-state index contributed by atoms with van der Waals surface area (Å²) >= 11 is 12.9. The first kappa shape index (κ1) is 15.0. The molecule has 0 radical (unpaired) electrons. The molecule has 0 saturated carbocycles. The van der Waals surface area contributed by atoms with Crippen molar-refractivity contribution in [2.24, 2.45) is 5.92 Å². The lowest BCUT2D eigenvalue weighted by Crippen LogP contribution is -2.11. The number of rotatable bonds is 5. The molecule has 0 spiro atoms. The van der Waals surface area contributed by atoms with Crippen LogP contribution in [0.2, 0.25) is 0 Å². The van der Waals surface area contributed by atoms with Crippen molar-refractivity contribution >= 4 is 43.5 Å². The standard InChI is InChI=1S/C15H14Br2ClN/c16-13-3-1-11(2-4-13)7-12(9-18)8-15-6-5-14(17)10-19-15/h1-6,10,12H,7-9H2. The third-order valence-corrected chi connectivity index (χ3v) is 4.38. The maximum Gasteiger partial charge on any atom is 0.0413 e. The zero-order valence-electron chi connectivity index (χ0n) is 10.3. The molecule has 1 nitrogen and oxygen atoms in total. The maximum absolute atomic E-state index is 6.08. The fourth-order valence-corrected chi connectivity index (χ4v) is 2.68. The zero-order valence-corrected chi connectivity index (χ0v) is 14.2. The molecule has 1 aromatic carbocycles. The highest BCUT2D eigenvalue weighted by atomic mass is 79.9. The molecule has 0 fully saturated rings. The minimum absolute atomic E-state index is 0.413. The monoisotopic (exact) mass is 401 g/mol. The van der Waals surface area contributed by atoms with Gasteiger partial charge in [-0.3, -0.25) is 4.98 Å². The van der Waals surface area contributed by atoms with Gasteiger partial charge in [-0.2, -0.15) is 0 Å². The fraction of sp³-hybridized carbons (Fsp3) is 0.267. The molecule has 0 amide bonds. The van der Waals surface area contributed by atoms with Gasteiger partial charge in [0.15, 0.2) is 0 Å². The molecule has 19 heavy (non-hydrogen) atoms. The van der Waals surface area contributed by atoms with Crippen LogP contribution in [0, 0.1) is 5.92 Å². The first-order chi connectivity index (χ1) is 9.17. The first-order valence-corrected chi connectivity index (χ1v) is 8.20. The average molecular weight is 404 g/mol. The smallest absolute Gasteiger partial charge is 0.0413 e.